The molecule has 37 heavy (non-hydrogen) atoms. The molecule has 1 aliphatic rings. The topological polar surface area (TPSA) is 102 Å². The first-order chi connectivity index (χ1) is 17.7. The Hall–Kier alpha value is -4.00. The van der Waals surface area contributed by atoms with Crippen molar-refractivity contribution < 1.29 is 31.8 Å². The monoisotopic (exact) mass is 520 g/mol. The lowest BCUT2D eigenvalue weighted by Crippen LogP contribution is -2.38. The van der Waals surface area contributed by atoms with Crippen LogP contribution in [0.4, 0.5) is 40.8 Å². The number of benzene rings is 2. The van der Waals surface area contributed by atoms with Crippen LogP contribution in [0.25, 0.3) is 0 Å². The maximum atomic E-state index is 14.7. The molecule has 0 unspecified atom stereocenters. The van der Waals surface area contributed by atoms with Gasteiger partial charge >= 0.3 is 6.36 Å². The molecule has 13 heteroatoms. The Morgan fingerprint density at radius 3 is 2.57 bits per heavy atom. The van der Waals surface area contributed by atoms with E-state index in [4.69, 9.17) is 4.74 Å². The van der Waals surface area contributed by atoms with Gasteiger partial charge in [-0.1, -0.05) is 18.2 Å². The fraction of sp³-hybridized carbons (Fsp3) is 0.333. The number of hydrogen-bond acceptors (Lipinski definition) is 8. The van der Waals surface area contributed by atoms with E-state index in [1.54, 1.807) is 12.1 Å². The number of aromatic nitrogens is 3. The molecular formula is C24H24F4N6O3. The first-order valence-electron chi connectivity index (χ1n) is 11.4. The van der Waals surface area contributed by atoms with E-state index >= 15 is 0 Å². The van der Waals surface area contributed by atoms with Gasteiger partial charge in [0.2, 0.25) is 17.8 Å². The smallest absolute Gasteiger partial charge is 0.406 e. The Kier molecular flexibility index (Phi) is 8.01. The van der Waals surface area contributed by atoms with Crippen LogP contribution >= 0.6 is 0 Å². The van der Waals surface area contributed by atoms with Gasteiger partial charge in [-0.15, -0.1) is 13.2 Å². The maximum Gasteiger partial charge on any atom is 0.573 e. The van der Waals surface area contributed by atoms with E-state index in [2.05, 4.69) is 30.3 Å². The van der Waals surface area contributed by atoms with Gasteiger partial charge in [-0.3, -0.25) is 4.79 Å². The van der Waals surface area contributed by atoms with E-state index in [-0.39, 0.29) is 35.8 Å². The number of ether oxygens (including phenoxy) is 2. The van der Waals surface area contributed by atoms with Crippen LogP contribution in [0, 0.1) is 5.82 Å². The molecule has 1 aliphatic heterocycles. The largest absolute Gasteiger partial charge is 0.573 e. The molecule has 0 radical (unpaired) electrons. The second-order valence-corrected chi connectivity index (χ2v) is 8.28. The predicted octanol–water partition coefficient (Wildman–Crippen LogP) is 4.80. The minimum absolute atomic E-state index is 0.0356. The number of amides is 1. The number of anilines is 4. The molecule has 1 aromatic heterocycles. The lowest BCUT2D eigenvalue weighted by molar-refractivity contribution is -0.274. The molecular weight excluding hydrogens is 496 g/mol. The fourth-order valence-corrected chi connectivity index (χ4v) is 3.80. The molecule has 9 nitrogen and oxygen atoms in total. The lowest BCUT2D eigenvalue weighted by Gasteiger charge is -2.32. The molecule has 2 heterocycles. The SMILES string of the molecule is CC(=O)Nc1cccc(Nc2ncnc(N3CCC(OCc4cccc(OC(F)(F)F)c4)CC3)n2)c1F. The number of halogens is 4. The molecule has 1 saturated heterocycles. The van der Waals surface area contributed by atoms with E-state index in [1.807, 2.05) is 4.90 Å². The van der Waals surface area contributed by atoms with E-state index in [0.29, 0.717) is 37.4 Å². The highest BCUT2D eigenvalue weighted by Crippen LogP contribution is 2.26. The van der Waals surface area contributed by atoms with Gasteiger partial charge < -0.3 is 25.0 Å². The van der Waals surface area contributed by atoms with Gasteiger partial charge in [0.05, 0.1) is 24.1 Å². The van der Waals surface area contributed by atoms with Crippen LogP contribution in [-0.4, -0.2) is 46.4 Å². The van der Waals surface area contributed by atoms with Crippen LogP contribution in [0.1, 0.15) is 25.3 Å². The number of nitrogens with one attached hydrogen (secondary N) is 2. The van der Waals surface area contributed by atoms with Crippen molar-refractivity contribution in [3.05, 3.63) is 60.2 Å². The number of piperidine rings is 1. The third kappa shape index (κ3) is 7.49. The summed E-state index contributed by atoms with van der Waals surface area (Å²) < 4.78 is 61.8. The molecule has 2 N–H and O–H groups in total. The summed E-state index contributed by atoms with van der Waals surface area (Å²) in [6.07, 6.45) is -2.21. The highest BCUT2D eigenvalue weighted by molar-refractivity contribution is 5.89. The standard InChI is InChI=1S/C24H24F4N6O3/c1-15(35)31-19-6-3-7-20(21(19)25)32-22-29-14-30-23(33-22)34-10-8-17(9-11-34)36-13-16-4-2-5-18(12-16)37-24(26,27)28/h2-7,12,14,17H,8-11,13H2,1H3,(H,31,35)(H,29,30,32,33). The van der Waals surface area contributed by atoms with Gasteiger partial charge in [0, 0.05) is 20.0 Å². The van der Waals surface area contributed by atoms with E-state index < -0.39 is 18.1 Å². The second-order valence-electron chi connectivity index (χ2n) is 8.28. The molecule has 0 atom stereocenters. The molecule has 4 rings (SSSR count). The highest BCUT2D eigenvalue weighted by Gasteiger charge is 2.31. The summed E-state index contributed by atoms with van der Waals surface area (Å²) in [5.41, 5.74) is 0.709. The minimum Gasteiger partial charge on any atom is -0.406 e. The van der Waals surface area contributed by atoms with Crippen molar-refractivity contribution in [2.24, 2.45) is 0 Å². The summed E-state index contributed by atoms with van der Waals surface area (Å²) in [6, 6.07) is 10.2. The molecule has 196 valence electrons. The normalized spacial score (nSPS) is 14.4. The average molecular weight is 520 g/mol. The molecule has 0 spiro atoms. The molecule has 0 aliphatic carbocycles. The number of nitrogens with zero attached hydrogens (tertiary/aromatic N) is 4. The van der Waals surface area contributed by atoms with Gasteiger partial charge in [-0.25, -0.2) is 14.4 Å². The highest BCUT2D eigenvalue weighted by atomic mass is 19.4. The zero-order valence-corrected chi connectivity index (χ0v) is 19.8. The molecule has 1 amide bonds. The summed E-state index contributed by atoms with van der Waals surface area (Å²) >= 11 is 0. The summed E-state index contributed by atoms with van der Waals surface area (Å²) in [5, 5.41) is 5.23. The minimum atomic E-state index is -4.75. The van der Waals surface area contributed by atoms with E-state index in [0.717, 1.165) is 0 Å². The van der Waals surface area contributed by atoms with Crippen LogP contribution in [0.5, 0.6) is 5.75 Å². The summed E-state index contributed by atoms with van der Waals surface area (Å²) in [7, 11) is 0. The van der Waals surface area contributed by atoms with Crippen molar-refractivity contribution in [3.8, 4) is 5.75 Å². The third-order valence-corrected chi connectivity index (χ3v) is 5.46. The summed E-state index contributed by atoms with van der Waals surface area (Å²) in [5.74, 6) is -0.776. The quantitative estimate of drug-likeness (QED) is 0.409. The van der Waals surface area contributed by atoms with Crippen molar-refractivity contribution in [1.82, 2.24) is 15.0 Å². The molecule has 3 aromatic rings. The van der Waals surface area contributed by atoms with Gasteiger partial charge in [0.25, 0.3) is 0 Å². The zero-order chi connectivity index (χ0) is 26.4. The van der Waals surface area contributed by atoms with Crippen LogP contribution in [0.3, 0.4) is 0 Å². The predicted molar refractivity (Wildman–Crippen MR) is 127 cm³/mol. The van der Waals surface area contributed by atoms with Gasteiger partial charge in [0.15, 0.2) is 5.82 Å². The van der Waals surface area contributed by atoms with E-state index in [1.165, 1.54) is 43.6 Å². The number of rotatable bonds is 8. The average Bonchev–Trinajstić information content (AvgIpc) is 2.85. The van der Waals surface area contributed by atoms with Crippen LogP contribution in [-0.2, 0) is 16.1 Å². The number of carbonyl (C=O) groups is 1. The first kappa shape index (κ1) is 26.1. The second kappa shape index (κ2) is 11.4. The fourth-order valence-electron chi connectivity index (χ4n) is 3.80. The van der Waals surface area contributed by atoms with Crippen LogP contribution < -0.4 is 20.3 Å². The lowest BCUT2D eigenvalue weighted by atomic mass is 10.1. The zero-order valence-electron chi connectivity index (χ0n) is 19.8. The molecule has 1 fully saturated rings. The van der Waals surface area contributed by atoms with Gasteiger partial charge in [0.1, 0.15) is 12.1 Å². The van der Waals surface area contributed by atoms with Crippen molar-refractivity contribution in [3.63, 3.8) is 0 Å². The van der Waals surface area contributed by atoms with Crippen LogP contribution in [0.2, 0.25) is 0 Å². The Balaban J connectivity index is 1.31. The van der Waals surface area contributed by atoms with Crippen molar-refractivity contribution in [2.75, 3.05) is 28.6 Å². The van der Waals surface area contributed by atoms with Crippen molar-refractivity contribution in [1.29, 1.82) is 0 Å². The number of carbonyl (C=O) groups excluding carboxylic acids is 1. The Bertz CT molecular complexity index is 1240. The van der Waals surface area contributed by atoms with Gasteiger partial charge in [-0.05, 0) is 42.7 Å². The van der Waals surface area contributed by atoms with Crippen molar-refractivity contribution >= 4 is 29.2 Å². The molecule has 0 bridgehead atoms. The third-order valence-electron chi connectivity index (χ3n) is 5.46. The molecule has 0 saturated carbocycles. The Morgan fingerprint density at radius 1 is 1.11 bits per heavy atom. The summed E-state index contributed by atoms with van der Waals surface area (Å²) in [6.45, 7) is 2.61. The molecule has 2 aromatic carbocycles. The maximum absolute atomic E-state index is 14.7. The van der Waals surface area contributed by atoms with E-state index in [9.17, 15) is 22.4 Å². The Labute approximate surface area is 209 Å². The van der Waals surface area contributed by atoms with Crippen LogP contribution in [0.15, 0.2) is 48.8 Å². The number of hydrogen-bond donors (Lipinski definition) is 2. The summed E-state index contributed by atoms with van der Waals surface area (Å²) in [4.78, 5) is 25.8. The van der Waals surface area contributed by atoms with Crippen molar-refractivity contribution in [2.45, 2.75) is 38.8 Å². The first-order valence-corrected chi connectivity index (χ1v) is 11.4. The number of alkyl halides is 3. The Morgan fingerprint density at radius 2 is 1.84 bits per heavy atom. The van der Waals surface area contributed by atoms with Gasteiger partial charge in [-0.2, -0.15) is 4.98 Å².